The number of nitrogens with two attached hydrogens (primary N) is 1. The Morgan fingerprint density at radius 2 is 1.93 bits per heavy atom. The van der Waals surface area contributed by atoms with E-state index in [-0.39, 0.29) is 40.7 Å². The Morgan fingerprint density at radius 1 is 1.24 bits per heavy atom. The lowest BCUT2D eigenvalue weighted by atomic mass is 10.1. The summed E-state index contributed by atoms with van der Waals surface area (Å²) in [4.78, 5) is 36.4. The van der Waals surface area contributed by atoms with Crippen LogP contribution in [0.25, 0.3) is 5.69 Å². The quantitative estimate of drug-likeness (QED) is 0.512. The number of aromatic nitrogens is 1. The van der Waals surface area contributed by atoms with Crippen molar-refractivity contribution in [1.29, 1.82) is 5.26 Å². The molecule has 2 aromatic rings. The molecule has 1 aromatic heterocycles. The van der Waals surface area contributed by atoms with Crippen molar-refractivity contribution in [3.05, 3.63) is 47.3 Å². The third-order valence-corrected chi connectivity index (χ3v) is 3.78. The fourth-order valence-corrected chi connectivity index (χ4v) is 2.43. The second-order valence-electron chi connectivity index (χ2n) is 6.37. The Bertz CT molecular complexity index is 974. The maximum atomic E-state index is 12.6. The standard InChI is InChI=1S/C19H21N5O5/c1-11(2)10-29-19(27)23-22-17(25)13-6-4-5-7-14(13)24-9-12(8-20)15(21)16(24)18(26)28-3/h4-7,9,11H,10,21H2,1-3H3,(H,22,25)(H,23,27). The SMILES string of the molecule is COC(=O)c1c(N)c(C#N)cn1-c1ccccc1C(=O)NNC(=O)OCC(C)C. The molecule has 4 N–H and O–H groups in total. The smallest absolute Gasteiger partial charge is 0.426 e. The molecule has 0 aliphatic carbocycles. The monoisotopic (exact) mass is 399 g/mol. The van der Waals surface area contributed by atoms with Gasteiger partial charge < -0.3 is 19.8 Å². The van der Waals surface area contributed by atoms with E-state index in [4.69, 9.17) is 15.2 Å². The summed E-state index contributed by atoms with van der Waals surface area (Å²) in [6, 6.07) is 8.17. The lowest BCUT2D eigenvalue weighted by Crippen LogP contribution is -2.42. The summed E-state index contributed by atoms with van der Waals surface area (Å²) in [7, 11) is 1.18. The number of hydrogen-bond acceptors (Lipinski definition) is 7. The predicted octanol–water partition coefficient (Wildman–Crippen LogP) is 1.74. The van der Waals surface area contributed by atoms with Gasteiger partial charge in [0.15, 0.2) is 5.69 Å². The number of methoxy groups -OCH3 is 1. The second-order valence-corrected chi connectivity index (χ2v) is 6.37. The highest BCUT2D eigenvalue weighted by Crippen LogP contribution is 2.26. The van der Waals surface area contributed by atoms with Crippen LogP contribution in [-0.4, -0.2) is 36.3 Å². The largest absolute Gasteiger partial charge is 0.464 e. The minimum absolute atomic E-state index is 0.0519. The molecule has 0 saturated carbocycles. The molecule has 0 atom stereocenters. The molecular formula is C19H21N5O5. The Hall–Kier alpha value is -4.00. The number of carbonyl (C=O) groups is 3. The molecule has 1 aromatic carbocycles. The number of nitrogens with zero attached hydrogens (tertiary/aromatic N) is 2. The summed E-state index contributed by atoms with van der Waals surface area (Å²) < 4.78 is 11.0. The van der Waals surface area contributed by atoms with Crippen molar-refractivity contribution < 1.29 is 23.9 Å². The molecule has 2 rings (SSSR count). The van der Waals surface area contributed by atoms with Crippen LogP contribution < -0.4 is 16.6 Å². The van der Waals surface area contributed by atoms with Gasteiger partial charge in [0.05, 0.1) is 36.2 Å². The number of amides is 2. The first-order chi connectivity index (χ1) is 13.8. The van der Waals surface area contributed by atoms with Crippen molar-refractivity contribution in [1.82, 2.24) is 15.4 Å². The van der Waals surface area contributed by atoms with Gasteiger partial charge in [-0.25, -0.2) is 15.0 Å². The average Bonchev–Trinajstić information content (AvgIpc) is 3.05. The summed E-state index contributed by atoms with van der Waals surface area (Å²) >= 11 is 0. The fourth-order valence-electron chi connectivity index (χ4n) is 2.43. The number of nitrogens with one attached hydrogen (secondary N) is 2. The number of rotatable bonds is 5. The molecule has 10 nitrogen and oxygen atoms in total. The first-order valence-electron chi connectivity index (χ1n) is 8.61. The lowest BCUT2D eigenvalue weighted by molar-refractivity contribution is 0.0592. The zero-order chi connectivity index (χ0) is 21.6. The summed E-state index contributed by atoms with van der Waals surface area (Å²) in [5.41, 5.74) is 10.6. The summed E-state index contributed by atoms with van der Waals surface area (Å²) in [6.07, 6.45) is 0.523. The van der Waals surface area contributed by atoms with E-state index in [9.17, 15) is 19.6 Å². The van der Waals surface area contributed by atoms with Gasteiger partial charge in [0, 0.05) is 6.20 Å². The van der Waals surface area contributed by atoms with Crippen molar-refractivity contribution in [3.8, 4) is 11.8 Å². The topological polar surface area (TPSA) is 148 Å². The Balaban J connectivity index is 2.35. The molecule has 0 aliphatic heterocycles. The van der Waals surface area contributed by atoms with Crippen LogP contribution in [0.5, 0.6) is 0 Å². The highest BCUT2D eigenvalue weighted by molar-refractivity contribution is 6.00. The summed E-state index contributed by atoms with van der Waals surface area (Å²) in [5.74, 6) is -1.29. The van der Waals surface area contributed by atoms with E-state index in [0.717, 1.165) is 0 Å². The van der Waals surface area contributed by atoms with Crippen LogP contribution in [0.3, 0.4) is 0 Å². The van der Waals surface area contributed by atoms with Gasteiger partial charge in [-0.05, 0) is 18.1 Å². The number of hydrazine groups is 1. The zero-order valence-corrected chi connectivity index (χ0v) is 16.2. The molecule has 0 saturated heterocycles. The Kier molecular flexibility index (Phi) is 6.81. The van der Waals surface area contributed by atoms with Crippen LogP contribution in [0.2, 0.25) is 0 Å². The molecule has 0 unspecified atom stereocenters. The fraction of sp³-hybridized carbons (Fsp3) is 0.263. The van der Waals surface area contributed by atoms with E-state index in [1.54, 1.807) is 18.2 Å². The minimum atomic E-state index is -0.809. The number of nitrogen functional groups attached to an aromatic ring is 1. The molecule has 0 aliphatic rings. The maximum absolute atomic E-state index is 12.6. The van der Waals surface area contributed by atoms with Crippen LogP contribution in [0, 0.1) is 17.2 Å². The lowest BCUT2D eigenvalue weighted by Gasteiger charge is -2.14. The van der Waals surface area contributed by atoms with E-state index >= 15 is 0 Å². The van der Waals surface area contributed by atoms with E-state index in [1.807, 2.05) is 19.9 Å². The predicted molar refractivity (Wildman–Crippen MR) is 103 cm³/mol. The molecule has 1 heterocycles. The molecule has 0 bridgehead atoms. The Labute approximate surface area is 167 Å². The maximum Gasteiger partial charge on any atom is 0.426 e. The van der Waals surface area contributed by atoms with Gasteiger partial charge in [0.1, 0.15) is 6.07 Å². The van der Waals surface area contributed by atoms with Gasteiger partial charge in [-0.1, -0.05) is 26.0 Å². The molecular weight excluding hydrogens is 378 g/mol. The van der Waals surface area contributed by atoms with Crippen molar-refractivity contribution in [2.45, 2.75) is 13.8 Å². The third kappa shape index (κ3) is 4.84. The minimum Gasteiger partial charge on any atom is -0.464 e. The van der Waals surface area contributed by atoms with Crippen molar-refractivity contribution >= 4 is 23.7 Å². The number of para-hydroxylation sites is 1. The van der Waals surface area contributed by atoms with E-state index in [1.165, 1.54) is 23.9 Å². The molecule has 0 spiro atoms. The van der Waals surface area contributed by atoms with E-state index in [0.29, 0.717) is 0 Å². The molecule has 0 radical (unpaired) electrons. The van der Waals surface area contributed by atoms with Gasteiger partial charge in [0.2, 0.25) is 0 Å². The molecule has 10 heteroatoms. The van der Waals surface area contributed by atoms with Crippen LogP contribution in [0.15, 0.2) is 30.5 Å². The van der Waals surface area contributed by atoms with Gasteiger partial charge in [-0.2, -0.15) is 5.26 Å². The third-order valence-electron chi connectivity index (χ3n) is 3.78. The first-order valence-corrected chi connectivity index (χ1v) is 8.61. The number of hydrogen-bond donors (Lipinski definition) is 3. The highest BCUT2D eigenvalue weighted by atomic mass is 16.6. The van der Waals surface area contributed by atoms with Crippen LogP contribution in [-0.2, 0) is 9.47 Å². The number of nitriles is 1. The number of anilines is 1. The van der Waals surface area contributed by atoms with Crippen molar-refractivity contribution in [2.75, 3.05) is 19.5 Å². The zero-order valence-electron chi connectivity index (χ0n) is 16.2. The van der Waals surface area contributed by atoms with Gasteiger partial charge in [0.25, 0.3) is 5.91 Å². The average molecular weight is 399 g/mol. The van der Waals surface area contributed by atoms with Crippen molar-refractivity contribution in [3.63, 3.8) is 0 Å². The summed E-state index contributed by atoms with van der Waals surface area (Å²) in [5, 5.41) is 9.23. The van der Waals surface area contributed by atoms with Gasteiger partial charge in [-0.3, -0.25) is 10.2 Å². The molecule has 0 fully saturated rings. The highest BCUT2D eigenvalue weighted by Gasteiger charge is 2.24. The van der Waals surface area contributed by atoms with Crippen LogP contribution in [0.4, 0.5) is 10.5 Å². The van der Waals surface area contributed by atoms with Crippen LogP contribution in [0.1, 0.15) is 40.3 Å². The number of esters is 1. The second kappa shape index (κ2) is 9.27. The first kappa shape index (κ1) is 21.3. The normalized spacial score (nSPS) is 10.2. The van der Waals surface area contributed by atoms with E-state index in [2.05, 4.69) is 10.9 Å². The Morgan fingerprint density at radius 3 is 2.55 bits per heavy atom. The molecule has 2 amide bonds. The molecule has 152 valence electrons. The van der Waals surface area contributed by atoms with Crippen molar-refractivity contribution in [2.24, 2.45) is 5.92 Å². The molecule has 29 heavy (non-hydrogen) atoms. The van der Waals surface area contributed by atoms with Gasteiger partial charge >= 0.3 is 12.1 Å². The van der Waals surface area contributed by atoms with E-state index < -0.39 is 18.0 Å². The van der Waals surface area contributed by atoms with Gasteiger partial charge in [-0.15, -0.1) is 0 Å². The number of carbonyl (C=O) groups excluding carboxylic acids is 3. The number of benzene rings is 1. The summed E-state index contributed by atoms with van der Waals surface area (Å²) in [6.45, 7) is 3.94. The number of ether oxygens (including phenoxy) is 2. The van der Waals surface area contributed by atoms with Crippen LogP contribution >= 0.6 is 0 Å².